The molecule has 0 radical (unpaired) electrons. The fourth-order valence-corrected chi connectivity index (χ4v) is 1.79. The molecule has 10 heavy (non-hydrogen) atoms. The molecule has 1 rings (SSSR count). The highest BCUT2D eigenvalue weighted by atomic mass is 79.9. The van der Waals surface area contributed by atoms with Gasteiger partial charge in [-0.25, -0.2) is 0 Å². The van der Waals surface area contributed by atoms with Crippen molar-refractivity contribution in [3.05, 3.63) is 0 Å². The molecule has 0 amide bonds. The quantitative estimate of drug-likeness (QED) is 0.659. The van der Waals surface area contributed by atoms with Crippen molar-refractivity contribution in [2.75, 3.05) is 18.5 Å². The van der Waals surface area contributed by atoms with Crippen molar-refractivity contribution in [3.8, 4) is 0 Å². The van der Waals surface area contributed by atoms with Crippen molar-refractivity contribution in [2.24, 2.45) is 5.92 Å². The van der Waals surface area contributed by atoms with Gasteiger partial charge in [-0.2, -0.15) is 0 Å². The minimum Gasteiger partial charge on any atom is -0.350 e. The van der Waals surface area contributed by atoms with Gasteiger partial charge in [-0.15, -0.1) is 0 Å². The number of hydrogen-bond donors (Lipinski definition) is 0. The topological polar surface area (TPSA) is 18.5 Å². The van der Waals surface area contributed by atoms with E-state index in [1.54, 1.807) is 0 Å². The van der Waals surface area contributed by atoms with Crippen LogP contribution in [-0.2, 0) is 9.47 Å². The van der Waals surface area contributed by atoms with Gasteiger partial charge >= 0.3 is 0 Å². The van der Waals surface area contributed by atoms with Crippen LogP contribution in [-0.4, -0.2) is 24.8 Å². The Morgan fingerprint density at radius 1 is 1.50 bits per heavy atom. The first-order valence-corrected chi connectivity index (χ1v) is 4.79. The molecule has 0 bridgehead atoms. The second kappa shape index (κ2) is 4.31. The summed E-state index contributed by atoms with van der Waals surface area (Å²) in [6.45, 7) is 3.67. The number of halogens is 1. The Morgan fingerprint density at radius 3 is 2.50 bits per heavy atom. The zero-order valence-electron chi connectivity index (χ0n) is 6.18. The lowest BCUT2D eigenvalue weighted by molar-refractivity contribution is -0.0773. The van der Waals surface area contributed by atoms with Gasteiger partial charge in [0.05, 0.1) is 13.2 Å². The van der Waals surface area contributed by atoms with Crippen molar-refractivity contribution < 1.29 is 9.47 Å². The van der Waals surface area contributed by atoms with Crippen molar-refractivity contribution in [2.45, 2.75) is 19.6 Å². The summed E-state index contributed by atoms with van der Waals surface area (Å²) in [5, 5.41) is 0.966. The second-order valence-corrected chi connectivity index (χ2v) is 3.08. The lowest BCUT2D eigenvalue weighted by Crippen LogP contribution is -2.21. The number of rotatable bonds is 3. The Kier molecular flexibility index (Phi) is 3.66. The standard InChI is InChI=1S/C7H13BrO2/c1-2-6(5-8)7-9-3-4-10-7/h6-7H,2-5H2,1H3/t6-/m1/s1. The highest BCUT2D eigenvalue weighted by Crippen LogP contribution is 2.19. The van der Waals surface area contributed by atoms with E-state index in [0.717, 1.165) is 25.0 Å². The van der Waals surface area contributed by atoms with Crippen molar-refractivity contribution in [1.82, 2.24) is 0 Å². The van der Waals surface area contributed by atoms with Crippen LogP contribution in [0, 0.1) is 5.92 Å². The molecular formula is C7H13BrO2. The Morgan fingerprint density at radius 2 is 2.10 bits per heavy atom. The van der Waals surface area contributed by atoms with Crippen molar-refractivity contribution in [1.29, 1.82) is 0 Å². The third-order valence-corrected chi connectivity index (χ3v) is 2.59. The van der Waals surface area contributed by atoms with Crippen molar-refractivity contribution >= 4 is 15.9 Å². The van der Waals surface area contributed by atoms with Crippen LogP contribution in [0.15, 0.2) is 0 Å². The molecule has 3 heteroatoms. The molecule has 0 aromatic carbocycles. The first-order valence-electron chi connectivity index (χ1n) is 3.67. The molecule has 1 aliphatic heterocycles. The summed E-state index contributed by atoms with van der Waals surface area (Å²) in [4.78, 5) is 0. The predicted octanol–water partition coefficient (Wildman–Crippen LogP) is 1.78. The summed E-state index contributed by atoms with van der Waals surface area (Å²) < 4.78 is 10.7. The number of hydrogen-bond acceptors (Lipinski definition) is 2. The zero-order valence-corrected chi connectivity index (χ0v) is 7.76. The first kappa shape index (κ1) is 8.50. The van der Waals surface area contributed by atoms with Gasteiger partial charge in [-0.3, -0.25) is 0 Å². The van der Waals surface area contributed by atoms with Gasteiger partial charge in [-0.1, -0.05) is 22.9 Å². The van der Waals surface area contributed by atoms with Crippen LogP contribution in [0.25, 0.3) is 0 Å². The van der Waals surface area contributed by atoms with Crippen LogP contribution in [0.5, 0.6) is 0 Å². The molecular weight excluding hydrogens is 196 g/mol. The zero-order chi connectivity index (χ0) is 7.40. The van der Waals surface area contributed by atoms with E-state index >= 15 is 0 Å². The molecule has 0 N–H and O–H groups in total. The van der Waals surface area contributed by atoms with E-state index in [-0.39, 0.29) is 6.29 Å². The van der Waals surface area contributed by atoms with Gasteiger partial charge in [0.2, 0.25) is 0 Å². The molecule has 1 heterocycles. The molecule has 60 valence electrons. The normalized spacial score (nSPS) is 23.4. The van der Waals surface area contributed by atoms with Gasteiger partial charge in [-0.05, 0) is 6.42 Å². The average molecular weight is 209 g/mol. The van der Waals surface area contributed by atoms with E-state index in [2.05, 4.69) is 22.9 Å². The summed E-state index contributed by atoms with van der Waals surface area (Å²) in [7, 11) is 0. The van der Waals surface area contributed by atoms with Crippen LogP contribution in [0.1, 0.15) is 13.3 Å². The third kappa shape index (κ3) is 1.94. The van der Waals surface area contributed by atoms with Gasteiger partial charge in [0.1, 0.15) is 0 Å². The smallest absolute Gasteiger partial charge is 0.161 e. The van der Waals surface area contributed by atoms with Crippen molar-refractivity contribution in [3.63, 3.8) is 0 Å². The summed E-state index contributed by atoms with van der Waals surface area (Å²) in [5.41, 5.74) is 0. The van der Waals surface area contributed by atoms with E-state index in [9.17, 15) is 0 Å². The predicted molar refractivity (Wildman–Crippen MR) is 43.3 cm³/mol. The summed E-state index contributed by atoms with van der Waals surface area (Å²) in [5.74, 6) is 0.516. The summed E-state index contributed by atoms with van der Waals surface area (Å²) in [6, 6.07) is 0. The fraction of sp³-hybridized carbons (Fsp3) is 1.00. The first-order chi connectivity index (χ1) is 4.88. The second-order valence-electron chi connectivity index (χ2n) is 2.43. The Hall–Kier alpha value is 0.400. The lowest BCUT2D eigenvalue weighted by Gasteiger charge is -2.17. The summed E-state index contributed by atoms with van der Waals surface area (Å²) >= 11 is 3.43. The molecule has 2 nitrogen and oxygen atoms in total. The highest BCUT2D eigenvalue weighted by Gasteiger charge is 2.23. The molecule has 1 atom stereocenters. The molecule has 0 aromatic heterocycles. The molecule has 0 aliphatic carbocycles. The highest BCUT2D eigenvalue weighted by molar-refractivity contribution is 9.09. The van der Waals surface area contributed by atoms with Gasteiger partial charge < -0.3 is 9.47 Å². The van der Waals surface area contributed by atoms with Crippen LogP contribution in [0.2, 0.25) is 0 Å². The minimum absolute atomic E-state index is 0.0457. The number of alkyl halides is 1. The molecule has 1 saturated heterocycles. The summed E-state index contributed by atoms with van der Waals surface area (Å²) in [6.07, 6.45) is 1.15. The fourth-order valence-electron chi connectivity index (χ4n) is 1.02. The maximum Gasteiger partial charge on any atom is 0.161 e. The Bertz CT molecular complexity index is 87.6. The molecule has 0 unspecified atom stereocenters. The van der Waals surface area contributed by atoms with Crippen LogP contribution < -0.4 is 0 Å². The van der Waals surface area contributed by atoms with E-state index in [0.29, 0.717) is 5.92 Å². The van der Waals surface area contributed by atoms with E-state index in [1.165, 1.54) is 0 Å². The van der Waals surface area contributed by atoms with E-state index < -0.39 is 0 Å². The van der Waals surface area contributed by atoms with E-state index in [4.69, 9.17) is 9.47 Å². The monoisotopic (exact) mass is 208 g/mol. The Balaban J connectivity index is 2.29. The lowest BCUT2D eigenvalue weighted by atomic mass is 10.1. The molecule has 1 fully saturated rings. The SMILES string of the molecule is CC[C@H](CBr)C1OCCO1. The largest absolute Gasteiger partial charge is 0.350 e. The van der Waals surface area contributed by atoms with Crippen LogP contribution in [0.4, 0.5) is 0 Å². The van der Waals surface area contributed by atoms with Crippen LogP contribution in [0.3, 0.4) is 0 Å². The molecule has 0 spiro atoms. The third-order valence-electron chi connectivity index (χ3n) is 1.76. The van der Waals surface area contributed by atoms with Gasteiger partial charge in [0.15, 0.2) is 6.29 Å². The Labute approximate surface area is 70.0 Å². The number of ether oxygens (including phenoxy) is 2. The average Bonchev–Trinajstić information content (AvgIpc) is 2.43. The maximum atomic E-state index is 5.34. The van der Waals surface area contributed by atoms with Gasteiger partial charge in [0, 0.05) is 11.2 Å². The minimum atomic E-state index is 0.0457. The van der Waals surface area contributed by atoms with E-state index in [1.807, 2.05) is 0 Å². The van der Waals surface area contributed by atoms with Crippen LogP contribution >= 0.6 is 15.9 Å². The van der Waals surface area contributed by atoms with Gasteiger partial charge in [0.25, 0.3) is 0 Å². The maximum absolute atomic E-state index is 5.34. The molecule has 0 saturated carbocycles. The molecule has 1 aliphatic rings. The molecule has 0 aromatic rings.